The van der Waals surface area contributed by atoms with Crippen LogP contribution in [0.3, 0.4) is 0 Å². The van der Waals surface area contributed by atoms with Gasteiger partial charge < -0.3 is 10.3 Å². The summed E-state index contributed by atoms with van der Waals surface area (Å²) in [6, 6.07) is 5.73. The molecule has 0 saturated carbocycles. The Bertz CT molecular complexity index is 688. The van der Waals surface area contributed by atoms with Crippen LogP contribution in [-0.2, 0) is 6.54 Å². The number of nitrogens with zero attached hydrogens (tertiary/aromatic N) is 2. The Morgan fingerprint density at radius 1 is 1.52 bits per heavy atom. The minimum Gasteiger partial charge on any atom is -0.316 e. The zero-order valence-corrected chi connectivity index (χ0v) is 13.3. The molecule has 21 heavy (non-hydrogen) atoms. The Labute approximate surface area is 134 Å². The first-order chi connectivity index (χ1) is 9.65. The lowest BCUT2D eigenvalue weighted by Crippen LogP contribution is -2.30. The summed E-state index contributed by atoms with van der Waals surface area (Å²) < 4.78 is 0. The van der Waals surface area contributed by atoms with Crippen molar-refractivity contribution < 1.29 is 0 Å². The molecular formula is C14H18Cl2N4O. The zero-order valence-electron chi connectivity index (χ0n) is 11.7. The van der Waals surface area contributed by atoms with E-state index in [1.54, 1.807) is 18.2 Å². The zero-order chi connectivity index (χ0) is 14.1. The number of rotatable bonds is 3. The maximum Gasteiger partial charge on any atom is 0.258 e. The molecule has 2 aromatic rings. The van der Waals surface area contributed by atoms with Gasteiger partial charge in [-0.3, -0.25) is 9.69 Å². The largest absolute Gasteiger partial charge is 0.316 e. The average molecular weight is 329 g/mol. The lowest BCUT2D eigenvalue weighted by molar-refractivity contribution is 0.314. The number of halogens is 2. The molecule has 5 nitrogen and oxygen atoms in total. The number of nitrogens with one attached hydrogen (secondary N) is 2. The van der Waals surface area contributed by atoms with Crippen LogP contribution in [0.2, 0.25) is 5.02 Å². The molecule has 114 valence electrons. The lowest BCUT2D eigenvalue weighted by Gasteiger charge is -2.15. The van der Waals surface area contributed by atoms with E-state index in [-0.39, 0.29) is 18.0 Å². The van der Waals surface area contributed by atoms with E-state index in [2.05, 4.69) is 20.2 Å². The molecule has 2 heterocycles. The van der Waals surface area contributed by atoms with E-state index in [0.717, 1.165) is 19.5 Å². The number of aromatic nitrogens is 2. The molecule has 0 bridgehead atoms. The fraction of sp³-hybridized carbons (Fsp3) is 0.429. The van der Waals surface area contributed by atoms with E-state index >= 15 is 0 Å². The van der Waals surface area contributed by atoms with Crippen LogP contribution >= 0.6 is 24.0 Å². The molecule has 1 fully saturated rings. The van der Waals surface area contributed by atoms with Crippen LogP contribution in [0, 0.1) is 0 Å². The van der Waals surface area contributed by atoms with Crippen LogP contribution in [0.5, 0.6) is 0 Å². The number of likely N-dealkylation sites (tertiary alicyclic amines) is 1. The van der Waals surface area contributed by atoms with Crippen molar-refractivity contribution in [2.24, 2.45) is 0 Å². The summed E-state index contributed by atoms with van der Waals surface area (Å²) >= 11 is 5.90. The number of benzene rings is 1. The van der Waals surface area contributed by atoms with Gasteiger partial charge in [-0.1, -0.05) is 11.6 Å². The summed E-state index contributed by atoms with van der Waals surface area (Å²) in [5.41, 5.74) is 0.564. The number of hydrogen-bond donors (Lipinski definition) is 2. The standard InChI is InChI=1S/C14H17ClN4O.ClH/c1-16-10-4-5-19(7-10)8-13-17-12-3-2-9(15)6-11(12)14(20)18-13;/h2-3,6,10,16H,4-5,7-8H2,1H3,(H,17,18,20);1H. The van der Waals surface area contributed by atoms with Crippen molar-refractivity contribution in [3.8, 4) is 0 Å². The van der Waals surface area contributed by atoms with E-state index in [1.807, 2.05) is 7.05 Å². The summed E-state index contributed by atoms with van der Waals surface area (Å²) in [5.74, 6) is 0.710. The third kappa shape index (κ3) is 3.55. The highest BCUT2D eigenvalue weighted by Gasteiger charge is 2.21. The van der Waals surface area contributed by atoms with Crippen molar-refractivity contribution in [2.45, 2.75) is 19.0 Å². The van der Waals surface area contributed by atoms with Crippen LogP contribution in [-0.4, -0.2) is 41.0 Å². The van der Waals surface area contributed by atoms with Gasteiger partial charge in [0.15, 0.2) is 0 Å². The van der Waals surface area contributed by atoms with E-state index in [1.165, 1.54) is 0 Å². The number of likely N-dealkylation sites (N-methyl/N-ethyl adjacent to an activating group) is 1. The first-order valence-corrected chi connectivity index (χ1v) is 7.11. The normalized spacial score (nSPS) is 18.9. The Hall–Kier alpha value is -1.14. The van der Waals surface area contributed by atoms with Crippen molar-refractivity contribution in [3.05, 3.63) is 39.4 Å². The molecule has 0 radical (unpaired) electrons. The molecule has 0 aliphatic carbocycles. The fourth-order valence-electron chi connectivity index (χ4n) is 2.66. The van der Waals surface area contributed by atoms with Gasteiger partial charge in [0, 0.05) is 24.2 Å². The van der Waals surface area contributed by atoms with Crippen molar-refractivity contribution in [2.75, 3.05) is 20.1 Å². The van der Waals surface area contributed by atoms with Crippen LogP contribution in [0.15, 0.2) is 23.0 Å². The van der Waals surface area contributed by atoms with Crippen LogP contribution in [0.4, 0.5) is 0 Å². The van der Waals surface area contributed by atoms with Gasteiger partial charge in [0.1, 0.15) is 5.82 Å². The van der Waals surface area contributed by atoms with Gasteiger partial charge in [0.25, 0.3) is 5.56 Å². The average Bonchev–Trinajstić information content (AvgIpc) is 2.87. The van der Waals surface area contributed by atoms with Gasteiger partial charge in [0.05, 0.1) is 17.4 Å². The molecule has 1 aromatic heterocycles. The fourth-order valence-corrected chi connectivity index (χ4v) is 2.83. The molecule has 0 spiro atoms. The second-order valence-electron chi connectivity index (χ2n) is 5.18. The summed E-state index contributed by atoms with van der Waals surface area (Å²) in [6.07, 6.45) is 1.13. The monoisotopic (exact) mass is 328 g/mol. The predicted octanol–water partition coefficient (Wildman–Crippen LogP) is 1.79. The molecule has 1 atom stereocenters. The maximum atomic E-state index is 12.1. The second kappa shape index (κ2) is 6.75. The minimum absolute atomic E-state index is 0. The highest BCUT2D eigenvalue weighted by atomic mass is 35.5. The molecule has 1 aliphatic heterocycles. The van der Waals surface area contributed by atoms with Gasteiger partial charge >= 0.3 is 0 Å². The van der Waals surface area contributed by atoms with Crippen molar-refractivity contribution >= 4 is 34.9 Å². The molecule has 0 amide bonds. The van der Waals surface area contributed by atoms with E-state index < -0.39 is 0 Å². The van der Waals surface area contributed by atoms with Gasteiger partial charge in [-0.2, -0.15) is 0 Å². The quantitative estimate of drug-likeness (QED) is 0.901. The van der Waals surface area contributed by atoms with Crippen molar-refractivity contribution in [1.82, 2.24) is 20.2 Å². The molecule has 1 aromatic carbocycles. The van der Waals surface area contributed by atoms with E-state index in [0.29, 0.717) is 34.3 Å². The highest BCUT2D eigenvalue weighted by molar-refractivity contribution is 6.31. The lowest BCUT2D eigenvalue weighted by atomic mass is 10.2. The summed E-state index contributed by atoms with van der Waals surface area (Å²) in [4.78, 5) is 21.7. The van der Waals surface area contributed by atoms with Crippen LogP contribution in [0.1, 0.15) is 12.2 Å². The Morgan fingerprint density at radius 3 is 3.05 bits per heavy atom. The van der Waals surface area contributed by atoms with Gasteiger partial charge in [-0.25, -0.2) is 4.98 Å². The first-order valence-electron chi connectivity index (χ1n) is 6.74. The highest BCUT2D eigenvalue weighted by Crippen LogP contribution is 2.16. The van der Waals surface area contributed by atoms with Gasteiger partial charge in [-0.15, -0.1) is 12.4 Å². The molecule has 1 unspecified atom stereocenters. The molecule has 1 saturated heterocycles. The van der Waals surface area contributed by atoms with E-state index in [4.69, 9.17) is 11.6 Å². The minimum atomic E-state index is -0.128. The molecule has 3 rings (SSSR count). The number of fused-ring (bicyclic) bond motifs is 1. The van der Waals surface area contributed by atoms with Gasteiger partial charge in [0.2, 0.25) is 0 Å². The van der Waals surface area contributed by atoms with Crippen molar-refractivity contribution in [1.29, 1.82) is 0 Å². The Balaban J connectivity index is 0.00000161. The summed E-state index contributed by atoms with van der Waals surface area (Å²) in [5, 5.41) is 4.37. The predicted molar refractivity (Wildman–Crippen MR) is 87.4 cm³/mol. The summed E-state index contributed by atoms with van der Waals surface area (Å²) in [6.45, 7) is 2.68. The molecule has 1 aliphatic rings. The SMILES string of the molecule is CNC1CCN(Cc2nc3ccc(Cl)cc3c(=O)[nH]2)C1.Cl. The first kappa shape index (κ1) is 16.2. The number of aromatic amines is 1. The smallest absolute Gasteiger partial charge is 0.258 e. The van der Waals surface area contributed by atoms with Gasteiger partial charge in [-0.05, 0) is 31.7 Å². The molecule has 2 N–H and O–H groups in total. The second-order valence-corrected chi connectivity index (χ2v) is 5.62. The topological polar surface area (TPSA) is 61.0 Å². The van der Waals surface area contributed by atoms with Crippen LogP contribution < -0.4 is 10.9 Å². The third-order valence-electron chi connectivity index (χ3n) is 3.77. The Morgan fingerprint density at radius 2 is 2.33 bits per heavy atom. The van der Waals surface area contributed by atoms with Crippen LogP contribution in [0.25, 0.3) is 10.9 Å². The number of hydrogen-bond acceptors (Lipinski definition) is 4. The maximum absolute atomic E-state index is 12.1. The molecular weight excluding hydrogens is 311 g/mol. The third-order valence-corrected chi connectivity index (χ3v) is 4.01. The van der Waals surface area contributed by atoms with Crippen molar-refractivity contribution in [3.63, 3.8) is 0 Å². The molecule has 7 heteroatoms. The summed E-state index contributed by atoms with van der Waals surface area (Å²) in [7, 11) is 1.98. The number of H-pyrrole nitrogens is 1. The Kier molecular flexibility index (Phi) is 5.22. The van der Waals surface area contributed by atoms with E-state index in [9.17, 15) is 4.79 Å².